The Morgan fingerprint density at radius 2 is 1.81 bits per heavy atom. The van der Waals surface area contributed by atoms with Crippen molar-refractivity contribution < 1.29 is 9.53 Å². The lowest BCUT2D eigenvalue weighted by molar-refractivity contribution is -0.120. The van der Waals surface area contributed by atoms with Crippen LogP contribution in [0.1, 0.15) is 25.1 Å². The summed E-state index contributed by atoms with van der Waals surface area (Å²) in [5, 5.41) is 6.96. The average Bonchev–Trinajstić information content (AvgIpc) is 2.68. The van der Waals surface area contributed by atoms with Gasteiger partial charge < -0.3 is 15.4 Å². The number of aromatic nitrogens is 2. The minimum absolute atomic E-state index is 0.0675. The summed E-state index contributed by atoms with van der Waals surface area (Å²) >= 11 is 0. The summed E-state index contributed by atoms with van der Waals surface area (Å²) in [4.78, 5) is 20.2. The van der Waals surface area contributed by atoms with Gasteiger partial charge >= 0.3 is 0 Å². The highest BCUT2D eigenvalue weighted by molar-refractivity contribution is 5.90. The summed E-state index contributed by atoms with van der Waals surface area (Å²) in [5.74, 6) is 2.40. The van der Waals surface area contributed by atoms with Gasteiger partial charge in [0.15, 0.2) is 0 Å². The molecule has 0 unspecified atom stereocenters. The number of carbonyl (C=O) groups is 1. The molecule has 3 aromatic rings. The topological polar surface area (TPSA) is 76.1 Å². The molecule has 0 fully saturated rings. The zero-order valence-corrected chi connectivity index (χ0v) is 15.7. The summed E-state index contributed by atoms with van der Waals surface area (Å²) < 4.78 is 5.73. The van der Waals surface area contributed by atoms with Crippen molar-refractivity contribution in [1.29, 1.82) is 0 Å². The number of fused-ring (bicyclic) bond motifs is 1. The molecule has 0 aliphatic heterocycles. The Bertz CT molecular complexity index is 910. The number of para-hydroxylation sites is 1. The van der Waals surface area contributed by atoms with E-state index >= 15 is 0 Å². The lowest BCUT2D eigenvalue weighted by atomic mass is 10.2. The van der Waals surface area contributed by atoms with Gasteiger partial charge in [-0.05, 0) is 56.2 Å². The van der Waals surface area contributed by atoms with E-state index in [9.17, 15) is 4.79 Å². The molecular formula is C21H24N4O2. The number of nitrogens with one attached hydrogen (secondary N) is 2. The van der Waals surface area contributed by atoms with Gasteiger partial charge in [0.1, 0.15) is 17.4 Å². The second kappa shape index (κ2) is 8.98. The van der Waals surface area contributed by atoms with E-state index in [1.54, 1.807) is 7.05 Å². The van der Waals surface area contributed by atoms with Gasteiger partial charge in [0.25, 0.3) is 0 Å². The molecule has 140 valence electrons. The second-order valence-electron chi connectivity index (χ2n) is 6.26. The van der Waals surface area contributed by atoms with Crippen molar-refractivity contribution in [3.05, 3.63) is 54.4 Å². The molecule has 2 N–H and O–H groups in total. The highest BCUT2D eigenvalue weighted by atomic mass is 16.5. The predicted molar refractivity (Wildman–Crippen MR) is 107 cm³/mol. The molecule has 0 aliphatic carbocycles. The van der Waals surface area contributed by atoms with Gasteiger partial charge in [0, 0.05) is 24.5 Å². The van der Waals surface area contributed by atoms with E-state index in [4.69, 9.17) is 4.74 Å². The van der Waals surface area contributed by atoms with Crippen molar-refractivity contribution in [3.63, 3.8) is 0 Å². The van der Waals surface area contributed by atoms with Gasteiger partial charge in [-0.2, -0.15) is 0 Å². The van der Waals surface area contributed by atoms with Gasteiger partial charge in [-0.1, -0.05) is 12.1 Å². The minimum Gasteiger partial charge on any atom is -0.494 e. The Hall–Kier alpha value is -3.15. The highest BCUT2D eigenvalue weighted by Crippen LogP contribution is 2.25. The highest BCUT2D eigenvalue weighted by Gasteiger charge is 2.06. The molecule has 6 heteroatoms. The summed E-state index contributed by atoms with van der Waals surface area (Å²) in [6.45, 7) is 2.48. The first-order chi connectivity index (χ1) is 13.2. The molecule has 0 aliphatic rings. The Morgan fingerprint density at radius 3 is 2.59 bits per heavy atom. The number of anilines is 2. The Balaban J connectivity index is 1.58. The van der Waals surface area contributed by atoms with E-state index < -0.39 is 0 Å². The lowest BCUT2D eigenvalue weighted by Gasteiger charge is -2.11. The van der Waals surface area contributed by atoms with Gasteiger partial charge in [-0.25, -0.2) is 9.97 Å². The lowest BCUT2D eigenvalue weighted by Crippen LogP contribution is -2.17. The van der Waals surface area contributed by atoms with E-state index in [2.05, 4.69) is 20.6 Å². The molecular weight excluding hydrogens is 340 g/mol. The van der Waals surface area contributed by atoms with Crippen LogP contribution in [-0.2, 0) is 4.79 Å². The molecule has 0 saturated carbocycles. The third-order valence-corrected chi connectivity index (χ3v) is 4.18. The number of rotatable bonds is 8. The van der Waals surface area contributed by atoms with Crippen LogP contribution in [0.4, 0.5) is 11.5 Å². The Labute approximate surface area is 159 Å². The quantitative estimate of drug-likeness (QED) is 0.591. The molecule has 6 nitrogen and oxygen atoms in total. The van der Waals surface area contributed by atoms with Crippen LogP contribution in [0, 0.1) is 6.92 Å². The van der Waals surface area contributed by atoms with Gasteiger partial charge in [-0.3, -0.25) is 4.79 Å². The number of carbonyl (C=O) groups excluding carboxylic acids is 1. The molecule has 1 heterocycles. The maximum absolute atomic E-state index is 11.2. The van der Waals surface area contributed by atoms with Crippen molar-refractivity contribution >= 4 is 28.3 Å². The summed E-state index contributed by atoms with van der Waals surface area (Å²) in [5.41, 5.74) is 1.86. The fourth-order valence-electron chi connectivity index (χ4n) is 2.76. The maximum atomic E-state index is 11.2. The van der Waals surface area contributed by atoms with E-state index in [-0.39, 0.29) is 5.91 Å². The van der Waals surface area contributed by atoms with Crippen LogP contribution in [-0.4, -0.2) is 29.5 Å². The Morgan fingerprint density at radius 1 is 1.04 bits per heavy atom. The number of unbranched alkanes of at least 4 members (excludes halogenated alkanes) is 1. The number of hydrogen-bond donors (Lipinski definition) is 2. The van der Waals surface area contributed by atoms with E-state index in [0.29, 0.717) is 13.0 Å². The summed E-state index contributed by atoms with van der Waals surface area (Å²) in [6.07, 6.45) is 2.20. The maximum Gasteiger partial charge on any atom is 0.219 e. The fraction of sp³-hybridized carbons (Fsp3) is 0.286. The molecule has 3 rings (SSSR count). The summed E-state index contributed by atoms with van der Waals surface area (Å²) in [6, 6.07) is 15.7. The number of amides is 1. The first-order valence-electron chi connectivity index (χ1n) is 9.09. The van der Waals surface area contributed by atoms with Crippen molar-refractivity contribution in [2.24, 2.45) is 0 Å². The van der Waals surface area contributed by atoms with E-state index in [0.717, 1.165) is 46.8 Å². The minimum atomic E-state index is 0.0675. The van der Waals surface area contributed by atoms with Gasteiger partial charge in [0.05, 0.1) is 12.1 Å². The van der Waals surface area contributed by atoms with Crippen LogP contribution in [0.2, 0.25) is 0 Å². The van der Waals surface area contributed by atoms with Crippen molar-refractivity contribution in [2.75, 3.05) is 19.0 Å². The standard InChI is InChI=1S/C21H24N4O2/c1-15-23-19-8-4-3-7-18(19)21(24-15)25-16-10-12-17(13-11-16)27-14-6-5-9-20(26)22-2/h3-4,7-8,10-13H,5-6,9,14H2,1-2H3,(H,22,26)(H,23,24,25). The molecule has 0 bridgehead atoms. The number of nitrogens with zero attached hydrogens (tertiary/aromatic N) is 2. The van der Waals surface area contributed by atoms with Crippen molar-refractivity contribution in [3.8, 4) is 5.75 Å². The second-order valence-corrected chi connectivity index (χ2v) is 6.26. The van der Waals surface area contributed by atoms with Crippen LogP contribution >= 0.6 is 0 Å². The number of aryl methyl sites for hydroxylation is 1. The largest absolute Gasteiger partial charge is 0.494 e. The zero-order valence-electron chi connectivity index (χ0n) is 15.7. The average molecular weight is 364 g/mol. The van der Waals surface area contributed by atoms with Crippen LogP contribution in [0.5, 0.6) is 5.75 Å². The molecule has 2 aromatic carbocycles. The van der Waals surface area contributed by atoms with Gasteiger partial charge in [-0.15, -0.1) is 0 Å². The summed E-state index contributed by atoms with van der Waals surface area (Å²) in [7, 11) is 1.65. The third-order valence-electron chi connectivity index (χ3n) is 4.18. The molecule has 0 atom stereocenters. The first-order valence-corrected chi connectivity index (χ1v) is 9.09. The fourth-order valence-corrected chi connectivity index (χ4v) is 2.76. The van der Waals surface area contributed by atoms with Crippen LogP contribution < -0.4 is 15.4 Å². The number of hydrogen-bond acceptors (Lipinski definition) is 5. The van der Waals surface area contributed by atoms with E-state index in [1.165, 1.54) is 0 Å². The molecule has 0 saturated heterocycles. The molecule has 1 amide bonds. The SMILES string of the molecule is CNC(=O)CCCCOc1ccc(Nc2nc(C)nc3ccccc23)cc1. The van der Waals surface area contributed by atoms with Gasteiger partial charge in [0.2, 0.25) is 5.91 Å². The molecule has 27 heavy (non-hydrogen) atoms. The molecule has 0 spiro atoms. The third kappa shape index (κ3) is 5.17. The number of ether oxygens (including phenoxy) is 1. The molecule has 1 aromatic heterocycles. The Kier molecular flexibility index (Phi) is 6.20. The van der Waals surface area contributed by atoms with Crippen molar-refractivity contribution in [2.45, 2.75) is 26.2 Å². The first kappa shape index (κ1) is 18.6. The monoisotopic (exact) mass is 364 g/mol. The van der Waals surface area contributed by atoms with E-state index in [1.807, 2.05) is 55.5 Å². The van der Waals surface area contributed by atoms with Crippen LogP contribution in [0.3, 0.4) is 0 Å². The van der Waals surface area contributed by atoms with Crippen LogP contribution in [0.25, 0.3) is 10.9 Å². The molecule has 0 radical (unpaired) electrons. The number of benzene rings is 2. The normalized spacial score (nSPS) is 10.6. The predicted octanol–water partition coefficient (Wildman–Crippen LogP) is 3.98. The van der Waals surface area contributed by atoms with Crippen LogP contribution in [0.15, 0.2) is 48.5 Å². The smallest absolute Gasteiger partial charge is 0.219 e. The zero-order chi connectivity index (χ0) is 19.1. The van der Waals surface area contributed by atoms with Crippen molar-refractivity contribution in [1.82, 2.24) is 15.3 Å².